The van der Waals surface area contributed by atoms with Crippen LogP contribution < -0.4 is 10.6 Å². The molecule has 0 saturated carbocycles. The fourth-order valence-electron chi connectivity index (χ4n) is 1.92. The Labute approximate surface area is 118 Å². The largest absolute Gasteiger partial charge is 0.399 e. The first-order valence-electron chi connectivity index (χ1n) is 6.80. The fraction of sp³-hybridized carbons (Fsp3) is 0.600. The van der Waals surface area contributed by atoms with E-state index in [-0.39, 0.29) is 12.4 Å². The zero-order valence-electron chi connectivity index (χ0n) is 11.9. The molecule has 2 N–H and O–H groups in total. The van der Waals surface area contributed by atoms with E-state index in [9.17, 15) is 0 Å². The van der Waals surface area contributed by atoms with Crippen molar-refractivity contribution in [2.24, 2.45) is 0 Å². The minimum absolute atomic E-state index is 0. The summed E-state index contributed by atoms with van der Waals surface area (Å²) < 4.78 is 0. The van der Waals surface area contributed by atoms with Crippen LogP contribution in [0.5, 0.6) is 0 Å². The summed E-state index contributed by atoms with van der Waals surface area (Å²) in [7, 11) is 0. The van der Waals surface area contributed by atoms with Gasteiger partial charge in [-0.15, -0.1) is 12.4 Å². The van der Waals surface area contributed by atoms with Crippen LogP contribution in [-0.4, -0.2) is 13.1 Å². The SMILES string of the molecule is CCCCN(CCCC)c1ccc(N)c(C)c1.Cl. The lowest BCUT2D eigenvalue weighted by Crippen LogP contribution is -2.25. The van der Waals surface area contributed by atoms with Gasteiger partial charge in [0, 0.05) is 24.5 Å². The van der Waals surface area contributed by atoms with Gasteiger partial charge in [-0.25, -0.2) is 0 Å². The summed E-state index contributed by atoms with van der Waals surface area (Å²) in [5.41, 5.74) is 9.26. The molecule has 1 rings (SSSR count). The Hall–Kier alpha value is -0.890. The molecule has 0 aliphatic carbocycles. The predicted molar refractivity (Wildman–Crippen MR) is 84.9 cm³/mol. The van der Waals surface area contributed by atoms with Gasteiger partial charge in [0.2, 0.25) is 0 Å². The monoisotopic (exact) mass is 270 g/mol. The second-order valence-electron chi connectivity index (χ2n) is 4.74. The highest BCUT2D eigenvalue weighted by atomic mass is 35.5. The van der Waals surface area contributed by atoms with Crippen LogP contribution in [0.3, 0.4) is 0 Å². The molecule has 0 amide bonds. The van der Waals surface area contributed by atoms with Crippen molar-refractivity contribution in [2.45, 2.75) is 46.5 Å². The molecule has 3 heteroatoms. The van der Waals surface area contributed by atoms with Crippen LogP contribution in [0.2, 0.25) is 0 Å². The van der Waals surface area contributed by atoms with Crippen LogP contribution in [0.15, 0.2) is 18.2 Å². The molecule has 0 aliphatic rings. The van der Waals surface area contributed by atoms with Crippen molar-refractivity contribution in [2.75, 3.05) is 23.7 Å². The van der Waals surface area contributed by atoms with E-state index < -0.39 is 0 Å². The Morgan fingerprint density at radius 3 is 2.06 bits per heavy atom. The second kappa shape index (κ2) is 9.09. The smallest absolute Gasteiger partial charge is 0.0370 e. The van der Waals surface area contributed by atoms with E-state index in [0.29, 0.717) is 0 Å². The molecule has 1 aromatic carbocycles. The van der Waals surface area contributed by atoms with E-state index in [1.54, 1.807) is 0 Å². The maximum absolute atomic E-state index is 5.87. The van der Waals surface area contributed by atoms with Crippen LogP contribution in [-0.2, 0) is 0 Å². The molecule has 0 spiro atoms. The molecule has 0 saturated heterocycles. The van der Waals surface area contributed by atoms with E-state index >= 15 is 0 Å². The average molecular weight is 271 g/mol. The zero-order valence-corrected chi connectivity index (χ0v) is 12.7. The first-order valence-corrected chi connectivity index (χ1v) is 6.80. The molecular weight excluding hydrogens is 244 g/mol. The molecule has 0 unspecified atom stereocenters. The normalized spacial score (nSPS) is 9.94. The Bertz CT molecular complexity index is 331. The maximum Gasteiger partial charge on any atom is 0.0370 e. The highest BCUT2D eigenvalue weighted by Crippen LogP contribution is 2.21. The number of nitrogens with zero attached hydrogens (tertiary/aromatic N) is 1. The highest BCUT2D eigenvalue weighted by molar-refractivity contribution is 5.85. The molecule has 0 fully saturated rings. The van der Waals surface area contributed by atoms with Gasteiger partial charge in [-0.3, -0.25) is 0 Å². The third-order valence-corrected chi connectivity index (χ3v) is 3.18. The number of unbranched alkanes of at least 4 members (excludes halogenated alkanes) is 2. The molecule has 1 aromatic rings. The van der Waals surface area contributed by atoms with Crippen LogP contribution >= 0.6 is 12.4 Å². The van der Waals surface area contributed by atoms with Crippen LogP contribution in [0.25, 0.3) is 0 Å². The van der Waals surface area contributed by atoms with Gasteiger partial charge in [-0.2, -0.15) is 0 Å². The van der Waals surface area contributed by atoms with Gasteiger partial charge in [0.15, 0.2) is 0 Å². The fourth-order valence-corrected chi connectivity index (χ4v) is 1.92. The number of hydrogen-bond acceptors (Lipinski definition) is 2. The van der Waals surface area contributed by atoms with Crippen molar-refractivity contribution >= 4 is 23.8 Å². The summed E-state index contributed by atoms with van der Waals surface area (Å²) in [6.07, 6.45) is 5.01. The summed E-state index contributed by atoms with van der Waals surface area (Å²) in [4.78, 5) is 2.49. The summed E-state index contributed by atoms with van der Waals surface area (Å²) in [5.74, 6) is 0. The number of rotatable bonds is 7. The Morgan fingerprint density at radius 1 is 1.06 bits per heavy atom. The van der Waals surface area contributed by atoms with Crippen molar-refractivity contribution in [3.8, 4) is 0 Å². The Morgan fingerprint density at radius 2 is 1.61 bits per heavy atom. The molecule has 0 heterocycles. The van der Waals surface area contributed by atoms with Crippen molar-refractivity contribution in [3.05, 3.63) is 23.8 Å². The third kappa shape index (κ3) is 5.18. The van der Waals surface area contributed by atoms with Gasteiger partial charge in [-0.1, -0.05) is 26.7 Å². The first kappa shape index (κ1) is 17.1. The van der Waals surface area contributed by atoms with Crippen molar-refractivity contribution in [1.82, 2.24) is 0 Å². The number of anilines is 2. The van der Waals surface area contributed by atoms with Crippen molar-refractivity contribution in [1.29, 1.82) is 0 Å². The minimum Gasteiger partial charge on any atom is -0.399 e. The standard InChI is InChI=1S/C15H26N2.ClH/c1-4-6-10-17(11-7-5-2)14-8-9-15(16)13(3)12-14;/h8-9,12H,4-7,10-11,16H2,1-3H3;1H. The lowest BCUT2D eigenvalue weighted by Gasteiger charge is -2.25. The minimum atomic E-state index is 0. The number of nitrogen functional groups attached to an aromatic ring is 1. The number of halogens is 1. The predicted octanol–water partition coefficient (Wildman–Crippen LogP) is 4.41. The molecule has 104 valence electrons. The van der Waals surface area contributed by atoms with Gasteiger partial charge in [0.05, 0.1) is 0 Å². The Balaban J connectivity index is 0.00000289. The van der Waals surface area contributed by atoms with Crippen molar-refractivity contribution < 1.29 is 0 Å². The molecular formula is C15H27ClN2. The van der Waals surface area contributed by atoms with Crippen LogP contribution in [0.1, 0.15) is 45.1 Å². The molecule has 2 nitrogen and oxygen atoms in total. The molecule has 0 atom stereocenters. The zero-order chi connectivity index (χ0) is 12.7. The summed E-state index contributed by atoms with van der Waals surface area (Å²) in [6, 6.07) is 6.38. The molecule has 0 radical (unpaired) electrons. The average Bonchev–Trinajstić information content (AvgIpc) is 2.33. The third-order valence-electron chi connectivity index (χ3n) is 3.18. The van der Waals surface area contributed by atoms with Gasteiger partial charge in [-0.05, 0) is 43.5 Å². The van der Waals surface area contributed by atoms with Crippen LogP contribution in [0, 0.1) is 6.92 Å². The van der Waals surface area contributed by atoms with Gasteiger partial charge >= 0.3 is 0 Å². The lowest BCUT2D eigenvalue weighted by molar-refractivity contribution is 0.678. The topological polar surface area (TPSA) is 29.3 Å². The number of aryl methyl sites for hydroxylation is 1. The molecule has 0 aromatic heterocycles. The van der Waals surface area contributed by atoms with E-state index in [2.05, 4.69) is 37.8 Å². The first-order chi connectivity index (χ1) is 8.19. The van der Waals surface area contributed by atoms with Crippen LogP contribution in [0.4, 0.5) is 11.4 Å². The maximum atomic E-state index is 5.87. The number of nitrogens with two attached hydrogens (primary N) is 1. The quantitative estimate of drug-likeness (QED) is 0.744. The molecule has 0 bridgehead atoms. The van der Waals surface area contributed by atoms with Gasteiger partial charge in [0.25, 0.3) is 0 Å². The van der Waals surface area contributed by atoms with E-state index in [1.807, 2.05) is 6.07 Å². The second-order valence-corrected chi connectivity index (χ2v) is 4.74. The number of benzene rings is 1. The Kier molecular flexibility index (Phi) is 8.65. The van der Waals surface area contributed by atoms with Crippen molar-refractivity contribution in [3.63, 3.8) is 0 Å². The lowest BCUT2D eigenvalue weighted by atomic mass is 10.1. The highest BCUT2D eigenvalue weighted by Gasteiger charge is 2.06. The summed E-state index contributed by atoms with van der Waals surface area (Å²) >= 11 is 0. The summed E-state index contributed by atoms with van der Waals surface area (Å²) in [6.45, 7) is 8.87. The van der Waals surface area contributed by atoms with E-state index in [1.165, 1.54) is 36.9 Å². The van der Waals surface area contributed by atoms with E-state index in [0.717, 1.165) is 18.8 Å². The van der Waals surface area contributed by atoms with Gasteiger partial charge in [0.1, 0.15) is 0 Å². The molecule has 18 heavy (non-hydrogen) atoms. The number of hydrogen-bond donors (Lipinski definition) is 1. The van der Waals surface area contributed by atoms with E-state index in [4.69, 9.17) is 5.73 Å². The van der Waals surface area contributed by atoms with Gasteiger partial charge < -0.3 is 10.6 Å². The summed E-state index contributed by atoms with van der Waals surface area (Å²) in [5, 5.41) is 0. The molecule has 0 aliphatic heterocycles.